The number of carbonyl (C=O) groups excluding carboxylic acids is 3. The van der Waals surface area contributed by atoms with Gasteiger partial charge < -0.3 is 14.2 Å². The first-order valence-electron chi connectivity index (χ1n) is 13.4. The van der Waals surface area contributed by atoms with E-state index in [0.29, 0.717) is 19.3 Å². The van der Waals surface area contributed by atoms with Crippen molar-refractivity contribution in [2.75, 3.05) is 13.2 Å². The average molecular weight is 471 g/mol. The molecule has 33 heavy (non-hydrogen) atoms. The summed E-state index contributed by atoms with van der Waals surface area (Å²) >= 11 is 0. The lowest BCUT2D eigenvalue weighted by Gasteiger charge is -2.23. The molecule has 0 N–H and O–H groups in total. The number of ether oxygens (including phenoxy) is 3. The number of hydrogen-bond acceptors (Lipinski definition) is 6. The number of unbranched alkanes of at least 4 members (excludes halogenated alkanes) is 3. The summed E-state index contributed by atoms with van der Waals surface area (Å²) in [6.07, 6.45) is 9.61. The van der Waals surface area contributed by atoms with Crippen molar-refractivity contribution in [1.29, 1.82) is 0 Å². The number of esters is 3. The maximum absolute atomic E-state index is 12.7. The molecule has 0 heterocycles. The molecule has 194 valence electrons. The fourth-order valence-electron chi connectivity index (χ4n) is 3.78. The minimum Gasteiger partial charge on any atom is -0.461 e. The second-order valence-electron chi connectivity index (χ2n) is 9.06. The van der Waals surface area contributed by atoms with Gasteiger partial charge in [-0.3, -0.25) is 14.4 Å². The summed E-state index contributed by atoms with van der Waals surface area (Å²) in [5.74, 6) is -1.36. The highest BCUT2D eigenvalue weighted by molar-refractivity contribution is 5.74. The summed E-state index contributed by atoms with van der Waals surface area (Å²) in [5, 5.41) is 0. The molecule has 0 saturated heterocycles. The van der Waals surface area contributed by atoms with Crippen LogP contribution in [0.25, 0.3) is 0 Å². The van der Waals surface area contributed by atoms with Gasteiger partial charge >= 0.3 is 17.9 Å². The molecule has 0 rings (SSSR count). The zero-order chi connectivity index (χ0) is 25.1. The zero-order valence-corrected chi connectivity index (χ0v) is 22.2. The van der Waals surface area contributed by atoms with E-state index in [4.69, 9.17) is 14.2 Å². The first kappa shape index (κ1) is 31.4. The molecule has 0 unspecified atom stereocenters. The smallest absolute Gasteiger partial charge is 0.309 e. The van der Waals surface area contributed by atoms with Gasteiger partial charge in [0.1, 0.15) is 13.2 Å². The van der Waals surface area contributed by atoms with Gasteiger partial charge in [0, 0.05) is 0 Å². The third kappa shape index (κ3) is 13.6. The van der Waals surface area contributed by atoms with E-state index in [1.807, 2.05) is 20.8 Å². The van der Waals surface area contributed by atoms with Gasteiger partial charge in [0.25, 0.3) is 0 Å². The second-order valence-corrected chi connectivity index (χ2v) is 9.06. The molecule has 6 nitrogen and oxygen atoms in total. The standard InChI is InChI=1S/C27H50O6/c1-7-13-16-21(10-4)25(28)31-19-24(33-27(30)23(12-6)18-15-9-3)20-32-26(29)22(11-5)17-14-8-2/h21-24H,7-20H2,1-6H3/t21-,22-,23-/m1/s1. The van der Waals surface area contributed by atoms with Crippen molar-refractivity contribution >= 4 is 17.9 Å². The van der Waals surface area contributed by atoms with Gasteiger partial charge in [0.2, 0.25) is 0 Å². The third-order valence-electron chi connectivity index (χ3n) is 6.30. The highest BCUT2D eigenvalue weighted by Gasteiger charge is 2.27. The Morgan fingerprint density at radius 3 is 1.18 bits per heavy atom. The van der Waals surface area contributed by atoms with Crippen LogP contribution in [0.15, 0.2) is 0 Å². The molecular weight excluding hydrogens is 420 g/mol. The Kier molecular flexibility index (Phi) is 18.9. The predicted molar refractivity (Wildman–Crippen MR) is 132 cm³/mol. The van der Waals surface area contributed by atoms with Crippen LogP contribution in [0.1, 0.15) is 119 Å². The lowest BCUT2D eigenvalue weighted by molar-refractivity contribution is -0.172. The second kappa shape index (κ2) is 19.8. The average Bonchev–Trinajstić information content (AvgIpc) is 2.82. The molecule has 0 aromatic heterocycles. The summed E-state index contributed by atoms with van der Waals surface area (Å²) in [7, 11) is 0. The van der Waals surface area contributed by atoms with Gasteiger partial charge in [-0.2, -0.15) is 0 Å². The fraction of sp³-hybridized carbons (Fsp3) is 0.889. The van der Waals surface area contributed by atoms with Crippen molar-refractivity contribution in [2.45, 2.75) is 125 Å². The van der Waals surface area contributed by atoms with E-state index < -0.39 is 6.10 Å². The van der Waals surface area contributed by atoms with E-state index in [1.54, 1.807) is 0 Å². The summed E-state index contributed by atoms with van der Waals surface area (Å²) in [4.78, 5) is 37.8. The van der Waals surface area contributed by atoms with E-state index >= 15 is 0 Å². The molecule has 0 aliphatic rings. The van der Waals surface area contributed by atoms with Crippen LogP contribution in [0, 0.1) is 17.8 Å². The first-order chi connectivity index (χ1) is 15.9. The van der Waals surface area contributed by atoms with Crippen LogP contribution >= 0.6 is 0 Å². The Bertz CT molecular complexity index is 501. The van der Waals surface area contributed by atoms with Gasteiger partial charge in [-0.25, -0.2) is 0 Å². The SMILES string of the molecule is CCCC[C@@H](CC)C(=O)OCC(COC(=O)[C@H](CC)CCCC)OC(=O)[C@H](CC)CCCC. The quantitative estimate of drug-likeness (QED) is 0.147. The van der Waals surface area contributed by atoms with E-state index in [-0.39, 0.29) is 48.9 Å². The monoisotopic (exact) mass is 470 g/mol. The van der Waals surface area contributed by atoms with Crippen LogP contribution in [0.4, 0.5) is 0 Å². The molecule has 0 bridgehead atoms. The normalized spacial score (nSPS) is 13.9. The lowest BCUT2D eigenvalue weighted by Crippen LogP contribution is -2.34. The molecule has 0 spiro atoms. The van der Waals surface area contributed by atoms with Crippen LogP contribution in [0.2, 0.25) is 0 Å². The van der Waals surface area contributed by atoms with Crippen LogP contribution in [0.5, 0.6) is 0 Å². The van der Waals surface area contributed by atoms with Crippen molar-refractivity contribution in [3.8, 4) is 0 Å². The molecule has 0 aliphatic carbocycles. The summed E-state index contributed by atoms with van der Waals surface area (Å²) in [5.41, 5.74) is 0. The molecule has 0 amide bonds. The highest BCUT2D eigenvalue weighted by atomic mass is 16.6. The largest absolute Gasteiger partial charge is 0.461 e. The molecule has 3 atom stereocenters. The summed E-state index contributed by atoms with van der Waals surface area (Å²) in [6, 6.07) is 0. The number of carbonyl (C=O) groups is 3. The van der Waals surface area contributed by atoms with E-state index in [2.05, 4.69) is 20.8 Å². The summed E-state index contributed by atoms with van der Waals surface area (Å²) in [6.45, 7) is 12.0. The number of rotatable bonds is 20. The molecule has 6 heteroatoms. The van der Waals surface area contributed by atoms with Crippen molar-refractivity contribution < 1.29 is 28.6 Å². The first-order valence-corrected chi connectivity index (χ1v) is 13.4. The molecule has 0 saturated carbocycles. The minimum absolute atomic E-state index is 0.0869. The molecule has 0 fully saturated rings. The van der Waals surface area contributed by atoms with Gasteiger partial charge in [-0.05, 0) is 38.5 Å². The van der Waals surface area contributed by atoms with Crippen LogP contribution in [0.3, 0.4) is 0 Å². The van der Waals surface area contributed by atoms with Crippen molar-refractivity contribution in [2.24, 2.45) is 17.8 Å². The zero-order valence-electron chi connectivity index (χ0n) is 22.2. The van der Waals surface area contributed by atoms with Crippen LogP contribution < -0.4 is 0 Å². The van der Waals surface area contributed by atoms with Gasteiger partial charge in [0.15, 0.2) is 6.10 Å². The predicted octanol–water partition coefficient (Wildman–Crippen LogP) is 6.63. The van der Waals surface area contributed by atoms with Crippen molar-refractivity contribution in [1.82, 2.24) is 0 Å². The van der Waals surface area contributed by atoms with E-state index in [1.165, 1.54) is 0 Å². The Labute approximate surface area is 202 Å². The highest BCUT2D eigenvalue weighted by Crippen LogP contribution is 2.19. The minimum atomic E-state index is -0.784. The fourth-order valence-corrected chi connectivity index (χ4v) is 3.78. The third-order valence-corrected chi connectivity index (χ3v) is 6.30. The molecule has 0 aliphatic heterocycles. The summed E-state index contributed by atoms with van der Waals surface area (Å²) < 4.78 is 16.7. The van der Waals surface area contributed by atoms with Crippen LogP contribution in [-0.4, -0.2) is 37.2 Å². The van der Waals surface area contributed by atoms with Crippen molar-refractivity contribution in [3.05, 3.63) is 0 Å². The topological polar surface area (TPSA) is 78.9 Å². The van der Waals surface area contributed by atoms with Crippen LogP contribution in [-0.2, 0) is 28.6 Å². The molecule has 0 aromatic carbocycles. The van der Waals surface area contributed by atoms with Gasteiger partial charge in [-0.15, -0.1) is 0 Å². The van der Waals surface area contributed by atoms with Gasteiger partial charge in [-0.1, -0.05) is 80.1 Å². The molecule has 0 aromatic rings. The van der Waals surface area contributed by atoms with E-state index in [9.17, 15) is 14.4 Å². The Balaban J connectivity index is 5.11. The Morgan fingerprint density at radius 2 is 0.879 bits per heavy atom. The maximum Gasteiger partial charge on any atom is 0.309 e. The number of hydrogen-bond donors (Lipinski definition) is 0. The molecular formula is C27H50O6. The van der Waals surface area contributed by atoms with Crippen molar-refractivity contribution in [3.63, 3.8) is 0 Å². The lowest BCUT2D eigenvalue weighted by atomic mass is 9.99. The maximum atomic E-state index is 12.7. The van der Waals surface area contributed by atoms with E-state index in [0.717, 1.165) is 57.8 Å². The van der Waals surface area contributed by atoms with Gasteiger partial charge in [0.05, 0.1) is 17.8 Å². The Hall–Kier alpha value is -1.59. The molecule has 0 radical (unpaired) electrons. The Morgan fingerprint density at radius 1 is 0.545 bits per heavy atom.